The molecule has 3 heteroatoms. The van der Waals surface area contributed by atoms with Gasteiger partial charge in [0, 0.05) is 30.6 Å². The molecule has 0 radical (unpaired) electrons. The van der Waals surface area contributed by atoms with Crippen molar-refractivity contribution in [2.45, 2.75) is 37.5 Å². The summed E-state index contributed by atoms with van der Waals surface area (Å²) in [4.78, 5) is 0. The van der Waals surface area contributed by atoms with Crippen molar-refractivity contribution in [1.29, 1.82) is 0 Å². The van der Waals surface area contributed by atoms with E-state index in [0.717, 1.165) is 24.9 Å². The number of para-hydroxylation sites is 1. The summed E-state index contributed by atoms with van der Waals surface area (Å²) in [5, 5.41) is 7.99. The van der Waals surface area contributed by atoms with Crippen LogP contribution in [0.4, 0.5) is 5.69 Å². The second kappa shape index (κ2) is 5.98. The van der Waals surface area contributed by atoms with E-state index < -0.39 is 0 Å². The third-order valence-corrected chi connectivity index (χ3v) is 5.29. The highest BCUT2D eigenvalue weighted by molar-refractivity contribution is 7.99. The third-order valence-electron chi connectivity index (χ3n) is 3.89. The molecule has 0 bridgehead atoms. The smallest absolute Gasteiger partial charge is 0.0419 e. The Labute approximate surface area is 114 Å². The van der Waals surface area contributed by atoms with Gasteiger partial charge in [-0.1, -0.05) is 24.6 Å². The van der Waals surface area contributed by atoms with E-state index in [4.69, 9.17) is 0 Å². The van der Waals surface area contributed by atoms with Gasteiger partial charge in [-0.25, -0.2) is 0 Å². The average Bonchev–Trinajstić information content (AvgIpc) is 2.89. The molecule has 2 aliphatic rings. The van der Waals surface area contributed by atoms with E-state index in [1.807, 2.05) is 0 Å². The van der Waals surface area contributed by atoms with Crippen LogP contribution in [0.3, 0.4) is 0 Å². The summed E-state index contributed by atoms with van der Waals surface area (Å²) < 4.78 is 0. The van der Waals surface area contributed by atoms with Gasteiger partial charge in [0.2, 0.25) is 0 Å². The fourth-order valence-corrected chi connectivity index (χ4v) is 4.17. The summed E-state index contributed by atoms with van der Waals surface area (Å²) in [7, 11) is 0. The van der Waals surface area contributed by atoms with Crippen molar-refractivity contribution in [2.75, 3.05) is 24.2 Å². The van der Waals surface area contributed by atoms with Crippen LogP contribution in [0.15, 0.2) is 18.2 Å². The van der Waals surface area contributed by atoms with Crippen LogP contribution in [0, 0.1) is 0 Å². The summed E-state index contributed by atoms with van der Waals surface area (Å²) in [6.07, 6.45) is 5.41. The van der Waals surface area contributed by atoms with Crippen molar-refractivity contribution >= 4 is 17.4 Å². The quantitative estimate of drug-likeness (QED) is 0.872. The summed E-state index contributed by atoms with van der Waals surface area (Å²) in [6.45, 7) is 3.27. The molecule has 0 amide bonds. The molecule has 1 saturated heterocycles. The van der Waals surface area contributed by atoms with Gasteiger partial charge in [-0.3, -0.25) is 0 Å². The maximum atomic E-state index is 3.64. The molecule has 0 aliphatic carbocycles. The zero-order valence-corrected chi connectivity index (χ0v) is 11.7. The van der Waals surface area contributed by atoms with Crippen molar-refractivity contribution in [3.05, 3.63) is 29.3 Å². The molecule has 2 heterocycles. The molecular weight excluding hydrogens is 240 g/mol. The number of anilines is 1. The summed E-state index contributed by atoms with van der Waals surface area (Å²) in [6, 6.07) is 6.69. The van der Waals surface area contributed by atoms with Crippen LogP contribution in [-0.4, -0.2) is 24.1 Å². The van der Waals surface area contributed by atoms with E-state index >= 15 is 0 Å². The summed E-state index contributed by atoms with van der Waals surface area (Å²) in [5.74, 6) is 1.36. The topological polar surface area (TPSA) is 24.1 Å². The maximum absolute atomic E-state index is 3.64. The molecule has 2 aliphatic heterocycles. The molecule has 2 N–H and O–H groups in total. The van der Waals surface area contributed by atoms with Gasteiger partial charge in [-0.2, -0.15) is 11.8 Å². The molecule has 1 atom stereocenters. The molecule has 0 spiro atoms. The van der Waals surface area contributed by atoms with E-state index in [1.54, 1.807) is 0 Å². The molecule has 1 aromatic rings. The van der Waals surface area contributed by atoms with Gasteiger partial charge in [0.15, 0.2) is 0 Å². The molecule has 1 unspecified atom stereocenters. The predicted molar refractivity (Wildman–Crippen MR) is 80.4 cm³/mol. The number of hydrogen-bond acceptors (Lipinski definition) is 3. The van der Waals surface area contributed by atoms with Crippen molar-refractivity contribution < 1.29 is 0 Å². The van der Waals surface area contributed by atoms with E-state index in [2.05, 4.69) is 40.6 Å². The lowest BCUT2D eigenvalue weighted by atomic mass is 10.1. The minimum atomic E-state index is 0.837. The average molecular weight is 262 g/mol. The molecule has 2 nitrogen and oxygen atoms in total. The maximum Gasteiger partial charge on any atom is 0.0419 e. The highest BCUT2D eigenvalue weighted by atomic mass is 32.2. The van der Waals surface area contributed by atoms with Crippen LogP contribution in [0.2, 0.25) is 0 Å². The number of fused-ring (bicyclic) bond motifs is 1. The van der Waals surface area contributed by atoms with E-state index in [-0.39, 0.29) is 0 Å². The van der Waals surface area contributed by atoms with Crippen LogP contribution in [0.5, 0.6) is 0 Å². The van der Waals surface area contributed by atoms with Crippen LogP contribution in [0.1, 0.15) is 30.4 Å². The minimum absolute atomic E-state index is 0.837. The first-order valence-corrected chi connectivity index (χ1v) is 8.15. The molecule has 1 aromatic carbocycles. The SMILES string of the molecule is c1cc2c(c(CNCC3CCCCS3)c1)NCC2. The van der Waals surface area contributed by atoms with E-state index in [0.29, 0.717) is 0 Å². The largest absolute Gasteiger partial charge is 0.384 e. The molecule has 0 aromatic heterocycles. The predicted octanol–water partition coefficient (Wildman–Crippen LogP) is 3.03. The lowest BCUT2D eigenvalue weighted by molar-refractivity contribution is 0.598. The van der Waals surface area contributed by atoms with Gasteiger partial charge in [0.05, 0.1) is 0 Å². The standard InChI is InChI=1S/C15H22N2S/c1-2-9-18-14(6-1)11-16-10-13-5-3-4-12-7-8-17-15(12)13/h3-5,14,16-17H,1-2,6-11H2. The number of nitrogens with one attached hydrogen (secondary N) is 2. The first kappa shape index (κ1) is 12.4. The van der Waals surface area contributed by atoms with Gasteiger partial charge in [0.1, 0.15) is 0 Å². The van der Waals surface area contributed by atoms with Gasteiger partial charge >= 0.3 is 0 Å². The molecule has 98 valence electrons. The first-order valence-electron chi connectivity index (χ1n) is 7.10. The van der Waals surface area contributed by atoms with Crippen molar-refractivity contribution in [3.8, 4) is 0 Å². The monoisotopic (exact) mass is 262 g/mol. The van der Waals surface area contributed by atoms with Gasteiger partial charge in [0.25, 0.3) is 0 Å². The number of hydrogen-bond donors (Lipinski definition) is 2. The van der Waals surface area contributed by atoms with Crippen molar-refractivity contribution in [2.24, 2.45) is 0 Å². The zero-order valence-electron chi connectivity index (χ0n) is 10.9. The van der Waals surface area contributed by atoms with Crippen LogP contribution in [0.25, 0.3) is 0 Å². The first-order chi connectivity index (χ1) is 8.93. The summed E-state index contributed by atoms with van der Waals surface area (Å²) in [5.41, 5.74) is 4.31. The van der Waals surface area contributed by atoms with Gasteiger partial charge in [-0.05, 0) is 36.1 Å². The normalized spacial score (nSPS) is 22.6. The molecule has 18 heavy (non-hydrogen) atoms. The fourth-order valence-electron chi connectivity index (χ4n) is 2.89. The van der Waals surface area contributed by atoms with Gasteiger partial charge < -0.3 is 10.6 Å². The lowest BCUT2D eigenvalue weighted by Crippen LogP contribution is -2.26. The van der Waals surface area contributed by atoms with E-state index in [1.165, 1.54) is 48.3 Å². The third kappa shape index (κ3) is 2.83. The Morgan fingerprint density at radius 2 is 2.33 bits per heavy atom. The minimum Gasteiger partial charge on any atom is -0.384 e. The lowest BCUT2D eigenvalue weighted by Gasteiger charge is -2.21. The summed E-state index contributed by atoms with van der Waals surface area (Å²) >= 11 is 2.15. The van der Waals surface area contributed by atoms with Crippen LogP contribution in [-0.2, 0) is 13.0 Å². The Balaban J connectivity index is 1.52. The highest BCUT2D eigenvalue weighted by Gasteiger charge is 2.15. The second-order valence-electron chi connectivity index (χ2n) is 5.25. The van der Waals surface area contributed by atoms with E-state index in [9.17, 15) is 0 Å². The van der Waals surface area contributed by atoms with Crippen molar-refractivity contribution in [3.63, 3.8) is 0 Å². The Hall–Kier alpha value is -0.670. The molecule has 1 fully saturated rings. The van der Waals surface area contributed by atoms with Crippen LogP contribution < -0.4 is 10.6 Å². The number of rotatable bonds is 4. The number of thioether (sulfide) groups is 1. The van der Waals surface area contributed by atoms with Crippen molar-refractivity contribution in [1.82, 2.24) is 5.32 Å². The molecule has 3 rings (SSSR count). The Morgan fingerprint density at radius 1 is 1.33 bits per heavy atom. The highest BCUT2D eigenvalue weighted by Crippen LogP contribution is 2.27. The molecular formula is C15H22N2S. The Kier molecular flexibility index (Phi) is 4.11. The second-order valence-corrected chi connectivity index (χ2v) is 6.66. The Bertz CT molecular complexity index is 399. The fraction of sp³-hybridized carbons (Fsp3) is 0.600. The zero-order chi connectivity index (χ0) is 12.2. The van der Waals surface area contributed by atoms with Crippen LogP contribution >= 0.6 is 11.8 Å². The Morgan fingerprint density at radius 3 is 3.22 bits per heavy atom. The number of benzene rings is 1. The molecule has 0 saturated carbocycles. The van der Waals surface area contributed by atoms with Gasteiger partial charge in [-0.15, -0.1) is 0 Å².